The Labute approximate surface area is 129 Å². The molecule has 0 aromatic heterocycles. The van der Waals surface area contributed by atoms with Crippen molar-refractivity contribution >= 4 is 17.5 Å². The smallest absolute Gasteiger partial charge is 0.347 e. The van der Waals surface area contributed by atoms with E-state index in [1.54, 1.807) is 0 Å². The molecule has 0 aliphatic rings. The van der Waals surface area contributed by atoms with E-state index in [-0.39, 0.29) is 5.56 Å². The van der Waals surface area contributed by atoms with Crippen molar-refractivity contribution in [1.29, 1.82) is 0 Å². The Morgan fingerprint density at radius 1 is 0.913 bits per heavy atom. The monoisotopic (exact) mass is 369 g/mol. The number of hydrogen-bond donors (Lipinski definition) is 1. The van der Waals surface area contributed by atoms with Crippen molar-refractivity contribution in [3.8, 4) is 0 Å². The van der Waals surface area contributed by atoms with E-state index in [0.717, 1.165) is 0 Å². The minimum Gasteiger partial charge on any atom is -0.347 e. The number of amides is 1. The van der Waals surface area contributed by atoms with Crippen molar-refractivity contribution in [2.24, 2.45) is 0 Å². The van der Waals surface area contributed by atoms with E-state index in [1.807, 2.05) is 0 Å². The van der Waals surface area contributed by atoms with Crippen molar-refractivity contribution in [3.63, 3.8) is 0 Å². The number of nitrogens with one attached hydrogen (secondary N) is 1. The second-order valence-corrected chi connectivity index (χ2v) is 4.86. The van der Waals surface area contributed by atoms with Gasteiger partial charge in [-0.3, -0.25) is 4.79 Å². The van der Waals surface area contributed by atoms with Crippen LogP contribution in [0.15, 0.2) is 30.3 Å². The first kappa shape index (κ1) is 19.5. The Morgan fingerprint density at radius 3 is 1.83 bits per heavy atom. The molecule has 0 fully saturated rings. The van der Waals surface area contributed by atoms with E-state index >= 15 is 0 Å². The molecule has 0 saturated carbocycles. The van der Waals surface area contributed by atoms with Gasteiger partial charge in [0.25, 0.3) is 5.91 Å². The first-order chi connectivity index (χ1) is 10.2. The van der Waals surface area contributed by atoms with Crippen LogP contribution >= 0.6 is 11.6 Å². The number of benzene rings is 1. The summed E-state index contributed by atoms with van der Waals surface area (Å²) in [6, 6.07) is 7.01. The van der Waals surface area contributed by atoms with Gasteiger partial charge >= 0.3 is 23.1 Å². The third-order valence-electron chi connectivity index (χ3n) is 2.73. The van der Waals surface area contributed by atoms with Gasteiger partial charge in [0.1, 0.15) is 0 Å². The lowest BCUT2D eigenvalue weighted by Crippen LogP contribution is -2.65. The average molecular weight is 370 g/mol. The summed E-state index contributed by atoms with van der Waals surface area (Å²) in [5.74, 6) is -22.3. The third-order valence-corrected chi connectivity index (χ3v) is 2.96. The average Bonchev–Trinajstić information content (AvgIpc) is 2.44. The van der Waals surface area contributed by atoms with Crippen molar-refractivity contribution in [1.82, 2.24) is 5.32 Å². The summed E-state index contributed by atoms with van der Waals surface area (Å²) in [4.78, 5) is 11.1. The molecule has 0 aliphatic carbocycles. The summed E-state index contributed by atoms with van der Waals surface area (Å²) in [6.07, 6.45) is 0. The van der Waals surface area contributed by atoms with E-state index in [0.29, 0.717) is 0 Å². The third kappa shape index (κ3) is 3.51. The topological polar surface area (TPSA) is 29.1 Å². The second kappa shape index (κ2) is 6.14. The van der Waals surface area contributed by atoms with Crippen LogP contribution in [0, 0.1) is 0 Å². The van der Waals surface area contributed by atoms with E-state index in [1.165, 1.54) is 35.6 Å². The molecule has 0 atom stereocenters. The molecule has 11 heteroatoms. The quantitative estimate of drug-likeness (QED) is 0.595. The molecule has 0 aliphatic heterocycles. The molecule has 0 unspecified atom stereocenters. The minimum atomic E-state index is -6.72. The fourth-order valence-electron chi connectivity index (χ4n) is 1.41. The molecule has 1 aromatic rings. The first-order valence-electron chi connectivity index (χ1n) is 5.77. The highest BCUT2D eigenvalue weighted by Gasteiger charge is 2.82. The minimum absolute atomic E-state index is 0.189. The van der Waals surface area contributed by atoms with Gasteiger partial charge in [-0.05, 0) is 17.2 Å². The predicted octanol–water partition coefficient (Wildman–Crippen LogP) is 4.04. The normalized spacial score (nSPS) is 13.8. The van der Waals surface area contributed by atoms with E-state index in [9.17, 15) is 39.9 Å². The molecule has 1 amide bonds. The Kier molecular flexibility index (Phi) is 5.20. The number of carbonyl (C=O) groups excluding carboxylic acids is 1. The molecule has 0 spiro atoms. The number of rotatable bonds is 6. The molecule has 2 nitrogen and oxygen atoms in total. The highest BCUT2D eigenvalue weighted by Crippen LogP contribution is 2.53. The molecular weight excluding hydrogens is 362 g/mol. The second-order valence-electron chi connectivity index (χ2n) is 4.39. The SMILES string of the molecule is O=C(NCc1ccccc1)C(F)(F)C(F)(F)C(F)(F)C(F)(F)Cl. The van der Waals surface area contributed by atoms with Crippen LogP contribution in [-0.4, -0.2) is 29.1 Å². The molecule has 130 valence electrons. The lowest BCUT2D eigenvalue weighted by molar-refractivity contribution is -0.337. The van der Waals surface area contributed by atoms with Crippen LogP contribution in [0.3, 0.4) is 0 Å². The number of halogens is 9. The summed E-state index contributed by atoms with van der Waals surface area (Å²) in [6.45, 7) is -0.700. The summed E-state index contributed by atoms with van der Waals surface area (Å²) in [7, 11) is 0. The van der Waals surface area contributed by atoms with Gasteiger partial charge in [0, 0.05) is 6.54 Å². The van der Waals surface area contributed by atoms with Gasteiger partial charge in [-0.25, -0.2) is 0 Å². The van der Waals surface area contributed by atoms with Crippen LogP contribution in [0.1, 0.15) is 5.56 Å². The van der Waals surface area contributed by atoms with E-state index in [2.05, 4.69) is 11.6 Å². The lowest BCUT2D eigenvalue weighted by atomic mass is 10.0. The molecule has 1 aromatic carbocycles. The van der Waals surface area contributed by atoms with Gasteiger partial charge in [-0.1, -0.05) is 30.3 Å². The largest absolute Gasteiger partial charge is 0.393 e. The van der Waals surface area contributed by atoms with Crippen molar-refractivity contribution in [3.05, 3.63) is 35.9 Å². The summed E-state index contributed by atoms with van der Waals surface area (Å²) >= 11 is 3.76. The maximum atomic E-state index is 13.3. The van der Waals surface area contributed by atoms with Crippen molar-refractivity contribution < 1.29 is 39.9 Å². The molecular formula is C12H8ClF8NO. The standard InChI is InChI=1S/C12H8ClF8NO/c13-12(20,21)11(18,19)10(16,17)9(14,15)8(23)22-6-7-4-2-1-3-5-7/h1-5H,6H2,(H,22,23). The van der Waals surface area contributed by atoms with Crippen LogP contribution in [0.2, 0.25) is 0 Å². The summed E-state index contributed by atoms with van der Waals surface area (Å²) in [5, 5.41) is -4.71. The van der Waals surface area contributed by atoms with Gasteiger partial charge in [0.2, 0.25) is 0 Å². The van der Waals surface area contributed by atoms with Gasteiger partial charge < -0.3 is 5.32 Å². The zero-order valence-corrected chi connectivity index (χ0v) is 11.7. The summed E-state index contributed by atoms with van der Waals surface area (Å²) in [5.41, 5.74) is 0.189. The maximum Gasteiger partial charge on any atom is 0.393 e. The van der Waals surface area contributed by atoms with Gasteiger partial charge in [0.05, 0.1) is 0 Å². The molecule has 1 rings (SSSR count). The van der Waals surface area contributed by atoms with Gasteiger partial charge in [0.15, 0.2) is 0 Å². The molecule has 0 radical (unpaired) electrons. The number of carbonyl (C=O) groups is 1. The summed E-state index contributed by atoms with van der Waals surface area (Å²) < 4.78 is 103. The predicted molar refractivity (Wildman–Crippen MR) is 63.9 cm³/mol. The highest BCUT2D eigenvalue weighted by molar-refractivity contribution is 6.22. The van der Waals surface area contributed by atoms with Gasteiger partial charge in [-0.15, -0.1) is 0 Å². The van der Waals surface area contributed by atoms with Crippen molar-refractivity contribution in [2.45, 2.75) is 29.7 Å². The Balaban J connectivity index is 2.97. The van der Waals surface area contributed by atoms with Crippen LogP contribution in [0.4, 0.5) is 35.1 Å². The lowest BCUT2D eigenvalue weighted by Gasteiger charge is -2.33. The van der Waals surface area contributed by atoms with Crippen LogP contribution in [0.5, 0.6) is 0 Å². The number of hydrogen-bond acceptors (Lipinski definition) is 1. The molecule has 1 N–H and O–H groups in total. The fourth-order valence-corrected chi connectivity index (χ4v) is 1.53. The molecule has 23 heavy (non-hydrogen) atoms. The van der Waals surface area contributed by atoms with Crippen LogP contribution < -0.4 is 5.32 Å². The Bertz CT molecular complexity index is 558. The van der Waals surface area contributed by atoms with Crippen LogP contribution in [-0.2, 0) is 11.3 Å². The Morgan fingerprint density at radius 2 is 1.39 bits per heavy atom. The Hall–Kier alpha value is -1.58. The van der Waals surface area contributed by atoms with Crippen molar-refractivity contribution in [2.75, 3.05) is 0 Å². The molecule has 0 heterocycles. The zero-order valence-electron chi connectivity index (χ0n) is 10.9. The van der Waals surface area contributed by atoms with E-state index in [4.69, 9.17) is 0 Å². The van der Waals surface area contributed by atoms with E-state index < -0.39 is 35.6 Å². The maximum absolute atomic E-state index is 13.3. The van der Waals surface area contributed by atoms with Gasteiger partial charge in [-0.2, -0.15) is 35.1 Å². The highest BCUT2D eigenvalue weighted by atomic mass is 35.5. The number of alkyl halides is 9. The molecule has 0 bridgehead atoms. The van der Waals surface area contributed by atoms with Crippen LogP contribution in [0.25, 0.3) is 0 Å². The first-order valence-corrected chi connectivity index (χ1v) is 6.15. The fraction of sp³-hybridized carbons (Fsp3) is 0.417. The molecule has 0 saturated heterocycles. The zero-order chi connectivity index (χ0) is 18.1.